The van der Waals surface area contributed by atoms with Crippen LogP contribution in [0.1, 0.15) is 119 Å². The lowest BCUT2D eigenvalue weighted by Gasteiger charge is -2.46. The number of Topliss-reactive ketones (excluding diaryl/α,β-unsaturated/α-hetero) is 1. The van der Waals surface area contributed by atoms with E-state index in [2.05, 4.69) is 6.92 Å². The number of carbonyl (C=O) groups is 3. The number of ether oxygens (including phenoxy) is 2. The average Bonchev–Trinajstić information content (AvgIpc) is 3.42. The van der Waals surface area contributed by atoms with E-state index in [4.69, 9.17) is 9.47 Å². The zero-order chi connectivity index (χ0) is 32.5. The Kier molecular flexibility index (Phi) is 10.4. The van der Waals surface area contributed by atoms with Gasteiger partial charge in [-0.25, -0.2) is 4.79 Å². The van der Waals surface area contributed by atoms with Crippen molar-refractivity contribution in [3.8, 4) is 0 Å². The second kappa shape index (κ2) is 13.2. The molecule has 2 fully saturated rings. The summed E-state index contributed by atoms with van der Waals surface area (Å²) in [6.07, 6.45) is 12.9. The minimum atomic E-state index is -2.23. The van der Waals surface area contributed by atoms with Gasteiger partial charge in [-0.1, -0.05) is 90.4 Å². The largest absolute Gasteiger partial charge is 0.458 e. The summed E-state index contributed by atoms with van der Waals surface area (Å²) in [4.78, 5) is 40.7. The maximum absolute atomic E-state index is 14.6. The second-order valence-electron chi connectivity index (χ2n) is 14.3. The van der Waals surface area contributed by atoms with E-state index in [9.17, 15) is 29.7 Å². The molecule has 0 radical (unpaired) electrons. The van der Waals surface area contributed by atoms with Crippen LogP contribution < -0.4 is 0 Å². The maximum Gasteiger partial charge on any atom is 0.334 e. The number of ketones is 1. The molecule has 0 aromatic rings. The second-order valence-corrected chi connectivity index (χ2v) is 14.3. The number of rotatable bonds is 14. The Balaban J connectivity index is 1.56. The Bertz CT molecular complexity index is 1210. The van der Waals surface area contributed by atoms with E-state index < -0.39 is 52.7 Å². The van der Waals surface area contributed by atoms with Crippen LogP contribution in [-0.4, -0.2) is 63.1 Å². The van der Waals surface area contributed by atoms with Gasteiger partial charge in [0.05, 0.1) is 12.0 Å². The summed E-state index contributed by atoms with van der Waals surface area (Å²) >= 11 is 0. The number of aliphatic hydroxyl groups excluding tert-OH is 2. The van der Waals surface area contributed by atoms with Gasteiger partial charge in [0, 0.05) is 29.2 Å². The third-order valence-electron chi connectivity index (χ3n) is 11.4. The first-order chi connectivity index (χ1) is 20.8. The SMILES string of the molecule is C/C=C(/C)C(=O)O[C@H]1C(C)=C[C@@]23CC[C@]4(OC(=O)CCCCCCCCCCC)[C@H]([C@H](C=C(CO)[C@@H](O)[C@]12O)C3=O)C4(C)C. The molecule has 4 aliphatic carbocycles. The van der Waals surface area contributed by atoms with Crippen LogP contribution in [0.3, 0.4) is 0 Å². The molecule has 44 heavy (non-hydrogen) atoms. The quantitative estimate of drug-likeness (QED) is 0.0987. The van der Waals surface area contributed by atoms with Crippen molar-refractivity contribution in [2.75, 3.05) is 6.61 Å². The highest BCUT2D eigenvalue weighted by molar-refractivity contribution is 5.96. The Morgan fingerprint density at radius 3 is 2.25 bits per heavy atom. The zero-order valence-electron chi connectivity index (χ0n) is 27.6. The molecule has 4 rings (SSSR count). The van der Waals surface area contributed by atoms with Gasteiger partial charge in [-0.15, -0.1) is 0 Å². The molecule has 2 bridgehead atoms. The van der Waals surface area contributed by atoms with E-state index >= 15 is 0 Å². The minimum absolute atomic E-state index is 0.0964. The van der Waals surface area contributed by atoms with Gasteiger partial charge < -0.3 is 24.8 Å². The molecule has 0 saturated heterocycles. The predicted octanol–water partition coefficient (Wildman–Crippen LogP) is 5.67. The number of carbonyl (C=O) groups excluding carboxylic acids is 3. The molecule has 246 valence electrons. The van der Waals surface area contributed by atoms with Crippen molar-refractivity contribution in [1.82, 2.24) is 0 Å². The van der Waals surface area contributed by atoms with Crippen LogP contribution in [0, 0.1) is 22.7 Å². The number of allylic oxidation sites excluding steroid dienone is 2. The molecule has 0 unspecified atom stereocenters. The number of esters is 2. The van der Waals surface area contributed by atoms with Gasteiger partial charge >= 0.3 is 11.9 Å². The highest BCUT2D eigenvalue weighted by atomic mass is 16.6. The summed E-state index contributed by atoms with van der Waals surface area (Å²) in [5, 5.41) is 34.4. The molecule has 2 saturated carbocycles. The van der Waals surface area contributed by atoms with Crippen molar-refractivity contribution in [3.05, 3.63) is 34.9 Å². The summed E-state index contributed by atoms with van der Waals surface area (Å²) < 4.78 is 12.1. The predicted molar refractivity (Wildman–Crippen MR) is 167 cm³/mol. The molecule has 8 heteroatoms. The normalized spacial score (nSPS) is 35.5. The fourth-order valence-corrected chi connectivity index (χ4v) is 8.61. The summed E-state index contributed by atoms with van der Waals surface area (Å²) in [6.45, 7) is 10.6. The average molecular weight is 615 g/mol. The lowest BCUT2D eigenvalue weighted by atomic mass is 9.63. The standard InChI is InChI=1S/C36H54O8/c1-7-9-10-11-12-13-14-15-16-17-27(38)44-35-19-18-34-21-24(4)31(43-32(41)23(3)8-2)36(34,42)29(39)25(22-37)20-26(30(34)40)28(35)33(35,5)6/h8,20-21,26,28-29,31,37,39,42H,7,9-19,22H2,1-6H3/b23-8-/t26-,28+,29+,31-,34+,35-,36-/m0/s1. The molecule has 0 aliphatic heterocycles. The molecule has 8 nitrogen and oxygen atoms in total. The van der Waals surface area contributed by atoms with Crippen molar-refractivity contribution in [2.24, 2.45) is 22.7 Å². The Hall–Kier alpha value is -2.29. The van der Waals surface area contributed by atoms with Crippen LogP contribution in [0.25, 0.3) is 0 Å². The van der Waals surface area contributed by atoms with Gasteiger partial charge in [-0.05, 0) is 51.2 Å². The fraction of sp³-hybridized carbons (Fsp3) is 0.750. The van der Waals surface area contributed by atoms with E-state index in [1.54, 1.807) is 39.0 Å². The molecule has 3 N–H and O–H groups in total. The lowest BCUT2D eigenvalue weighted by Crippen LogP contribution is -2.64. The zero-order valence-corrected chi connectivity index (χ0v) is 27.6. The van der Waals surface area contributed by atoms with E-state index in [0.29, 0.717) is 24.0 Å². The number of hydrogen-bond donors (Lipinski definition) is 3. The van der Waals surface area contributed by atoms with Crippen molar-refractivity contribution in [3.63, 3.8) is 0 Å². The maximum atomic E-state index is 14.6. The molecule has 0 amide bonds. The molecule has 1 spiro atoms. The number of aliphatic hydroxyl groups is 3. The molecule has 0 aromatic heterocycles. The molecular formula is C36H54O8. The van der Waals surface area contributed by atoms with Gasteiger partial charge in [-0.2, -0.15) is 0 Å². The number of hydrogen-bond acceptors (Lipinski definition) is 8. The molecule has 0 aromatic carbocycles. The van der Waals surface area contributed by atoms with Crippen molar-refractivity contribution in [2.45, 2.75) is 142 Å². The first-order valence-electron chi connectivity index (χ1n) is 16.8. The Morgan fingerprint density at radius 1 is 1.05 bits per heavy atom. The third-order valence-corrected chi connectivity index (χ3v) is 11.4. The van der Waals surface area contributed by atoms with Gasteiger partial charge in [0.2, 0.25) is 0 Å². The van der Waals surface area contributed by atoms with Gasteiger partial charge in [0.15, 0.2) is 17.5 Å². The topological polar surface area (TPSA) is 130 Å². The van der Waals surface area contributed by atoms with Crippen LogP contribution >= 0.6 is 0 Å². The summed E-state index contributed by atoms with van der Waals surface area (Å²) in [5.74, 6) is -2.45. The molecule has 4 aliphatic rings. The first kappa shape index (κ1) is 34.6. The van der Waals surface area contributed by atoms with Crippen LogP contribution in [0.5, 0.6) is 0 Å². The summed E-state index contributed by atoms with van der Waals surface area (Å²) in [6, 6.07) is 0. The van der Waals surface area contributed by atoms with Gasteiger partial charge in [-0.3, -0.25) is 9.59 Å². The first-order valence-corrected chi connectivity index (χ1v) is 16.8. The fourth-order valence-electron chi connectivity index (χ4n) is 8.61. The molecule has 7 atom stereocenters. The van der Waals surface area contributed by atoms with Crippen molar-refractivity contribution in [1.29, 1.82) is 0 Å². The van der Waals surface area contributed by atoms with Gasteiger partial charge in [0.1, 0.15) is 11.7 Å². The lowest BCUT2D eigenvalue weighted by molar-refractivity contribution is -0.195. The monoisotopic (exact) mass is 614 g/mol. The summed E-state index contributed by atoms with van der Waals surface area (Å²) in [7, 11) is 0. The van der Waals surface area contributed by atoms with E-state index in [1.165, 1.54) is 38.5 Å². The Morgan fingerprint density at radius 2 is 1.66 bits per heavy atom. The number of fused-ring (bicyclic) bond motifs is 3. The third kappa shape index (κ3) is 5.53. The minimum Gasteiger partial charge on any atom is -0.458 e. The Labute approximate surface area is 263 Å². The van der Waals surface area contributed by atoms with Gasteiger partial charge in [0.25, 0.3) is 0 Å². The highest BCUT2D eigenvalue weighted by Gasteiger charge is 2.82. The van der Waals surface area contributed by atoms with Crippen molar-refractivity contribution < 1.29 is 39.2 Å². The molecule has 0 heterocycles. The van der Waals surface area contributed by atoms with Crippen LogP contribution in [0.4, 0.5) is 0 Å². The summed E-state index contributed by atoms with van der Waals surface area (Å²) in [5.41, 5.74) is -4.40. The van der Waals surface area contributed by atoms with E-state index in [-0.39, 0.29) is 29.7 Å². The van der Waals surface area contributed by atoms with Crippen molar-refractivity contribution >= 4 is 17.7 Å². The van der Waals surface area contributed by atoms with E-state index in [0.717, 1.165) is 19.3 Å². The van der Waals surface area contributed by atoms with Crippen LogP contribution in [-0.2, 0) is 23.9 Å². The van der Waals surface area contributed by atoms with Crippen LogP contribution in [0.15, 0.2) is 34.9 Å². The van der Waals surface area contributed by atoms with E-state index in [1.807, 2.05) is 13.8 Å². The smallest absolute Gasteiger partial charge is 0.334 e. The number of unbranched alkanes of at least 4 members (excludes halogenated alkanes) is 8. The highest BCUT2D eigenvalue weighted by Crippen LogP contribution is 2.74. The molecular weight excluding hydrogens is 560 g/mol. The van der Waals surface area contributed by atoms with Crippen LogP contribution in [0.2, 0.25) is 0 Å².